The molecule has 0 spiro atoms. The van der Waals surface area contributed by atoms with Gasteiger partial charge in [0, 0.05) is 18.3 Å². The van der Waals surface area contributed by atoms with Gasteiger partial charge in [0.15, 0.2) is 0 Å². The first-order valence-corrected chi connectivity index (χ1v) is 6.87. The van der Waals surface area contributed by atoms with Crippen molar-refractivity contribution in [3.05, 3.63) is 18.1 Å². The maximum atomic E-state index is 4.31. The lowest BCUT2D eigenvalue weighted by Gasteiger charge is -2.15. The first kappa shape index (κ1) is 11.0. The third-order valence-electron chi connectivity index (χ3n) is 4.19. The zero-order valence-electron chi connectivity index (χ0n) is 10.6. The molecule has 0 amide bonds. The number of aryl methyl sites for hydroxylation is 1. The van der Waals surface area contributed by atoms with E-state index in [1.165, 1.54) is 25.7 Å². The molecular weight excluding hydrogens is 210 g/mol. The average Bonchev–Trinajstić information content (AvgIpc) is 3.19. The molecule has 1 aromatic heterocycles. The van der Waals surface area contributed by atoms with Gasteiger partial charge in [-0.2, -0.15) is 0 Å². The number of hydrogen-bond acceptors (Lipinski definition) is 3. The highest BCUT2D eigenvalue weighted by molar-refractivity contribution is 5.36. The van der Waals surface area contributed by atoms with Crippen LogP contribution in [0.3, 0.4) is 0 Å². The predicted molar refractivity (Wildman–Crippen MR) is 68.9 cm³/mol. The first-order valence-electron chi connectivity index (χ1n) is 6.87. The fourth-order valence-electron chi connectivity index (χ4n) is 2.74. The van der Waals surface area contributed by atoms with Crippen molar-refractivity contribution < 1.29 is 0 Å². The summed E-state index contributed by atoms with van der Waals surface area (Å²) in [7, 11) is 0. The molecule has 3 heteroatoms. The lowest BCUT2D eigenvalue weighted by molar-refractivity contribution is 0.466. The van der Waals surface area contributed by atoms with Crippen molar-refractivity contribution >= 4 is 5.82 Å². The Morgan fingerprint density at radius 3 is 2.82 bits per heavy atom. The third-order valence-corrected chi connectivity index (χ3v) is 4.19. The molecule has 0 bridgehead atoms. The van der Waals surface area contributed by atoms with E-state index in [2.05, 4.69) is 28.3 Å². The fourth-order valence-corrected chi connectivity index (χ4v) is 2.74. The van der Waals surface area contributed by atoms with Crippen LogP contribution in [0.5, 0.6) is 0 Å². The van der Waals surface area contributed by atoms with Gasteiger partial charge in [0.25, 0.3) is 0 Å². The van der Waals surface area contributed by atoms with E-state index < -0.39 is 0 Å². The SMILES string of the molecule is CCCc1cc(NCC2(C3CC3)CC2)ncn1. The van der Waals surface area contributed by atoms with Crippen molar-refractivity contribution in [1.29, 1.82) is 0 Å². The molecule has 2 saturated carbocycles. The van der Waals surface area contributed by atoms with Crippen LogP contribution < -0.4 is 5.32 Å². The van der Waals surface area contributed by atoms with E-state index in [9.17, 15) is 0 Å². The monoisotopic (exact) mass is 231 g/mol. The Labute approximate surface area is 103 Å². The Morgan fingerprint density at radius 2 is 2.18 bits per heavy atom. The zero-order chi connectivity index (χ0) is 11.7. The smallest absolute Gasteiger partial charge is 0.129 e. The van der Waals surface area contributed by atoms with Crippen LogP contribution in [0.2, 0.25) is 0 Å². The number of rotatable bonds is 6. The van der Waals surface area contributed by atoms with E-state index in [1.807, 2.05) is 0 Å². The molecule has 0 atom stereocenters. The summed E-state index contributed by atoms with van der Waals surface area (Å²) in [4.78, 5) is 8.60. The Morgan fingerprint density at radius 1 is 1.35 bits per heavy atom. The van der Waals surface area contributed by atoms with Gasteiger partial charge in [-0.15, -0.1) is 0 Å². The summed E-state index contributed by atoms with van der Waals surface area (Å²) in [5.74, 6) is 2.02. The summed E-state index contributed by atoms with van der Waals surface area (Å²) in [6.45, 7) is 3.29. The molecule has 0 unspecified atom stereocenters. The highest BCUT2D eigenvalue weighted by atomic mass is 15.0. The maximum absolute atomic E-state index is 4.31. The highest BCUT2D eigenvalue weighted by Crippen LogP contribution is 2.61. The quantitative estimate of drug-likeness (QED) is 0.817. The number of aromatic nitrogens is 2. The molecule has 2 fully saturated rings. The minimum atomic E-state index is 0.635. The van der Waals surface area contributed by atoms with E-state index >= 15 is 0 Å². The van der Waals surface area contributed by atoms with Crippen molar-refractivity contribution in [3.8, 4) is 0 Å². The molecule has 0 saturated heterocycles. The zero-order valence-corrected chi connectivity index (χ0v) is 10.6. The first-order chi connectivity index (χ1) is 8.32. The molecule has 0 aliphatic heterocycles. The van der Waals surface area contributed by atoms with Gasteiger partial charge in [0.2, 0.25) is 0 Å². The van der Waals surface area contributed by atoms with Gasteiger partial charge >= 0.3 is 0 Å². The second-order valence-corrected chi connectivity index (χ2v) is 5.63. The molecular formula is C14H21N3. The Balaban J connectivity index is 1.59. The second kappa shape index (κ2) is 4.28. The molecule has 3 nitrogen and oxygen atoms in total. The Kier molecular flexibility index (Phi) is 2.77. The molecule has 0 aromatic carbocycles. The predicted octanol–water partition coefficient (Wildman–Crippen LogP) is 3.03. The van der Waals surface area contributed by atoms with Crippen molar-refractivity contribution in [2.24, 2.45) is 11.3 Å². The van der Waals surface area contributed by atoms with E-state index in [4.69, 9.17) is 0 Å². The normalized spacial score (nSPS) is 21.2. The lowest BCUT2D eigenvalue weighted by Crippen LogP contribution is -2.18. The molecule has 3 rings (SSSR count). The largest absolute Gasteiger partial charge is 0.369 e. The Bertz CT molecular complexity index is 394. The van der Waals surface area contributed by atoms with Crippen LogP contribution in [0, 0.1) is 11.3 Å². The molecule has 2 aliphatic carbocycles. The molecule has 1 heterocycles. The Hall–Kier alpha value is -1.12. The van der Waals surface area contributed by atoms with Crippen LogP contribution in [-0.2, 0) is 6.42 Å². The van der Waals surface area contributed by atoms with E-state index in [0.717, 1.165) is 36.8 Å². The van der Waals surface area contributed by atoms with E-state index in [0.29, 0.717) is 5.41 Å². The van der Waals surface area contributed by atoms with E-state index in [1.54, 1.807) is 6.33 Å². The summed E-state index contributed by atoms with van der Waals surface area (Å²) < 4.78 is 0. The summed E-state index contributed by atoms with van der Waals surface area (Å²) in [6.07, 6.45) is 9.60. The van der Waals surface area contributed by atoms with E-state index in [-0.39, 0.29) is 0 Å². The van der Waals surface area contributed by atoms with Crippen LogP contribution in [0.4, 0.5) is 5.82 Å². The summed E-state index contributed by atoms with van der Waals surface area (Å²) in [6, 6.07) is 2.10. The van der Waals surface area contributed by atoms with Gasteiger partial charge in [-0.1, -0.05) is 13.3 Å². The van der Waals surface area contributed by atoms with Crippen molar-refractivity contribution in [1.82, 2.24) is 9.97 Å². The van der Waals surface area contributed by atoms with Crippen LogP contribution in [-0.4, -0.2) is 16.5 Å². The standard InChI is InChI=1S/C14H21N3/c1-2-3-12-8-13(17-10-16-12)15-9-14(6-7-14)11-4-5-11/h8,10-11H,2-7,9H2,1H3,(H,15,16,17). The summed E-state index contributed by atoms with van der Waals surface area (Å²) in [5, 5.41) is 3.52. The topological polar surface area (TPSA) is 37.8 Å². The molecule has 1 aromatic rings. The lowest BCUT2D eigenvalue weighted by atomic mass is 10.0. The number of nitrogens with zero attached hydrogens (tertiary/aromatic N) is 2. The average molecular weight is 231 g/mol. The third kappa shape index (κ3) is 2.43. The molecule has 1 N–H and O–H groups in total. The minimum absolute atomic E-state index is 0.635. The van der Waals surface area contributed by atoms with Crippen LogP contribution in [0.25, 0.3) is 0 Å². The maximum Gasteiger partial charge on any atom is 0.129 e. The fraction of sp³-hybridized carbons (Fsp3) is 0.714. The molecule has 0 radical (unpaired) electrons. The number of nitrogens with one attached hydrogen (secondary N) is 1. The summed E-state index contributed by atoms with van der Waals surface area (Å²) >= 11 is 0. The van der Waals surface area contributed by atoms with Gasteiger partial charge in [-0.3, -0.25) is 0 Å². The van der Waals surface area contributed by atoms with Crippen molar-refractivity contribution in [2.45, 2.75) is 45.4 Å². The number of hydrogen-bond donors (Lipinski definition) is 1. The van der Waals surface area contributed by atoms with Gasteiger partial charge in [-0.05, 0) is 43.4 Å². The van der Waals surface area contributed by atoms with Crippen LogP contribution in [0.15, 0.2) is 12.4 Å². The number of anilines is 1. The molecule has 2 aliphatic rings. The van der Waals surface area contributed by atoms with Gasteiger partial charge in [-0.25, -0.2) is 9.97 Å². The molecule has 17 heavy (non-hydrogen) atoms. The van der Waals surface area contributed by atoms with Crippen molar-refractivity contribution in [3.63, 3.8) is 0 Å². The van der Waals surface area contributed by atoms with Gasteiger partial charge < -0.3 is 5.32 Å². The minimum Gasteiger partial charge on any atom is -0.369 e. The van der Waals surface area contributed by atoms with Crippen molar-refractivity contribution in [2.75, 3.05) is 11.9 Å². The highest BCUT2D eigenvalue weighted by Gasteiger charge is 2.53. The van der Waals surface area contributed by atoms with Gasteiger partial charge in [0.1, 0.15) is 12.1 Å². The molecule has 92 valence electrons. The second-order valence-electron chi connectivity index (χ2n) is 5.63. The van der Waals surface area contributed by atoms with Gasteiger partial charge in [0.05, 0.1) is 0 Å². The van der Waals surface area contributed by atoms with Crippen LogP contribution in [0.1, 0.15) is 44.7 Å². The van der Waals surface area contributed by atoms with Crippen LogP contribution >= 0.6 is 0 Å². The summed E-state index contributed by atoms with van der Waals surface area (Å²) in [5.41, 5.74) is 1.79.